The summed E-state index contributed by atoms with van der Waals surface area (Å²) in [6, 6.07) is 13.3. The van der Waals surface area contributed by atoms with Crippen LogP contribution in [0.4, 0.5) is 5.69 Å². The number of rotatable bonds is 4. The van der Waals surface area contributed by atoms with Crippen molar-refractivity contribution in [3.63, 3.8) is 0 Å². The van der Waals surface area contributed by atoms with Crippen LogP contribution in [0.1, 0.15) is 22.8 Å². The molecular formula is C17H15Cl2NOS. The van der Waals surface area contributed by atoms with E-state index in [0.29, 0.717) is 21.7 Å². The number of benzene rings is 2. The molecule has 0 spiro atoms. The van der Waals surface area contributed by atoms with Crippen molar-refractivity contribution in [3.05, 3.63) is 63.6 Å². The van der Waals surface area contributed by atoms with Gasteiger partial charge in [-0.2, -0.15) is 0 Å². The maximum Gasteiger partial charge on any atom is 0.234 e. The van der Waals surface area contributed by atoms with Crippen molar-refractivity contribution < 1.29 is 4.79 Å². The Hall–Kier alpha value is -1.16. The summed E-state index contributed by atoms with van der Waals surface area (Å²) < 4.78 is 0. The SMILES string of the molecule is O=C(CSC1CCc2c(Cl)cccc21)Nc1ccccc1Cl. The monoisotopic (exact) mass is 351 g/mol. The first-order chi connectivity index (χ1) is 10.6. The lowest BCUT2D eigenvalue weighted by molar-refractivity contribution is -0.113. The lowest BCUT2D eigenvalue weighted by Crippen LogP contribution is -2.15. The van der Waals surface area contributed by atoms with E-state index in [2.05, 4.69) is 11.4 Å². The van der Waals surface area contributed by atoms with Gasteiger partial charge in [-0.3, -0.25) is 4.79 Å². The molecular weight excluding hydrogens is 337 g/mol. The van der Waals surface area contributed by atoms with Crippen molar-refractivity contribution in [2.75, 3.05) is 11.1 Å². The zero-order chi connectivity index (χ0) is 15.5. The third-order valence-corrected chi connectivity index (χ3v) is 5.73. The molecule has 0 bridgehead atoms. The van der Waals surface area contributed by atoms with Crippen molar-refractivity contribution in [1.82, 2.24) is 0 Å². The molecule has 114 valence electrons. The minimum atomic E-state index is -0.0337. The Labute approximate surface area is 144 Å². The number of anilines is 1. The Morgan fingerprint density at radius 3 is 2.73 bits per heavy atom. The zero-order valence-corrected chi connectivity index (χ0v) is 14.1. The Morgan fingerprint density at radius 2 is 1.91 bits per heavy atom. The van der Waals surface area contributed by atoms with Crippen molar-refractivity contribution in [1.29, 1.82) is 0 Å². The van der Waals surface area contributed by atoms with E-state index in [9.17, 15) is 4.79 Å². The van der Waals surface area contributed by atoms with Gasteiger partial charge in [-0.15, -0.1) is 11.8 Å². The molecule has 0 saturated carbocycles. The molecule has 0 fully saturated rings. The molecule has 1 aliphatic rings. The molecule has 22 heavy (non-hydrogen) atoms. The van der Waals surface area contributed by atoms with Gasteiger partial charge in [0.2, 0.25) is 5.91 Å². The molecule has 1 aliphatic carbocycles. The maximum absolute atomic E-state index is 12.1. The molecule has 3 rings (SSSR count). The van der Waals surface area contributed by atoms with Gasteiger partial charge >= 0.3 is 0 Å². The topological polar surface area (TPSA) is 29.1 Å². The average Bonchev–Trinajstić information content (AvgIpc) is 2.92. The molecule has 2 aromatic carbocycles. The number of carbonyl (C=O) groups is 1. The third-order valence-electron chi connectivity index (χ3n) is 3.72. The summed E-state index contributed by atoms with van der Waals surface area (Å²) in [5.74, 6) is 0.371. The van der Waals surface area contributed by atoms with Gasteiger partial charge < -0.3 is 5.32 Å². The highest BCUT2D eigenvalue weighted by molar-refractivity contribution is 8.00. The number of carbonyl (C=O) groups excluding carboxylic acids is 1. The van der Waals surface area contributed by atoms with Gasteiger partial charge in [0.1, 0.15) is 0 Å². The standard InChI is InChI=1S/C17H15Cl2NOS/c18-13-6-3-4-12-11(13)8-9-16(12)22-10-17(21)20-15-7-2-1-5-14(15)19/h1-7,16H,8-10H2,(H,20,21). The van der Waals surface area contributed by atoms with Crippen LogP contribution in [0.5, 0.6) is 0 Å². The molecule has 0 saturated heterocycles. The Kier molecular flexibility index (Phi) is 4.97. The van der Waals surface area contributed by atoms with Crippen molar-refractivity contribution in [2.45, 2.75) is 18.1 Å². The Bertz CT molecular complexity index is 705. The predicted molar refractivity (Wildman–Crippen MR) is 95.1 cm³/mol. The first-order valence-electron chi connectivity index (χ1n) is 7.08. The minimum Gasteiger partial charge on any atom is -0.324 e. The van der Waals surface area contributed by atoms with Gasteiger partial charge in [0.05, 0.1) is 16.5 Å². The van der Waals surface area contributed by atoms with E-state index in [0.717, 1.165) is 17.9 Å². The van der Waals surface area contributed by atoms with E-state index >= 15 is 0 Å². The molecule has 1 atom stereocenters. The molecule has 1 N–H and O–H groups in total. The summed E-state index contributed by atoms with van der Waals surface area (Å²) >= 11 is 13.9. The summed E-state index contributed by atoms with van der Waals surface area (Å²) in [5, 5.41) is 4.58. The number of nitrogens with one attached hydrogen (secondary N) is 1. The number of amides is 1. The molecule has 2 aromatic rings. The number of hydrogen-bond donors (Lipinski definition) is 1. The number of para-hydroxylation sites is 1. The fraction of sp³-hybridized carbons (Fsp3) is 0.235. The minimum absolute atomic E-state index is 0.0337. The van der Waals surface area contributed by atoms with E-state index in [4.69, 9.17) is 23.2 Å². The predicted octanol–water partition coefficient (Wildman–Crippen LogP) is 5.35. The lowest BCUT2D eigenvalue weighted by atomic mass is 10.1. The van der Waals surface area contributed by atoms with Crippen molar-refractivity contribution >= 4 is 46.6 Å². The molecule has 5 heteroatoms. The van der Waals surface area contributed by atoms with Crippen LogP contribution in [-0.4, -0.2) is 11.7 Å². The highest BCUT2D eigenvalue weighted by Gasteiger charge is 2.25. The van der Waals surface area contributed by atoms with Crippen LogP contribution >= 0.6 is 35.0 Å². The highest BCUT2D eigenvalue weighted by Crippen LogP contribution is 2.43. The smallest absolute Gasteiger partial charge is 0.234 e. The van der Waals surface area contributed by atoms with Crippen LogP contribution < -0.4 is 5.32 Å². The van der Waals surface area contributed by atoms with Crippen LogP contribution in [-0.2, 0) is 11.2 Å². The molecule has 1 unspecified atom stereocenters. The fourth-order valence-electron chi connectivity index (χ4n) is 2.67. The zero-order valence-electron chi connectivity index (χ0n) is 11.8. The number of fused-ring (bicyclic) bond motifs is 1. The van der Waals surface area contributed by atoms with Gasteiger partial charge in [0.25, 0.3) is 0 Å². The van der Waals surface area contributed by atoms with E-state index < -0.39 is 0 Å². The summed E-state index contributed by atoms with van der Waals surface area (Å²) in [4.78, 5) is 12.1. The van der Waals surface area contributed by atoms with E-state index in [1.807, 2.05) is 24.3 Å². The maximum atomic E-state index is 12.1. The second kappa shape index (κ2) is 6.95. The fourth-order valence-corrected chi connectivity index (χ4v) is 4.24. The number of hydrogen-bond acceptors (Lipinski definition) is 2. The Balaban J connectivity index is 1.59. The summed E-state index contributed by atoms with van der Waals surface area (Å²) in [7, 11) is 0. The van der Waals surface area contributed by atoms with E-state index in [-0.39, 0.29) is 5.91 Å². The molecule has 1 amide bonds. The second-order valence-electron chi connectivity index (χ2n) is 5.17. The summed E-state index contributed by atoms with van der Waals surface area (Å²) in [5.41, 5.74) is 3.15. The van der Waals surface area contributed by atoms with Crippen LogP contribution in [0.3, 0.4) is 0 Å². The van der Waals surface area contributed by atoms with Gasteiger partial charge in [-0.05, 0) is 42.2 Å². The van der Waals surface area contributed by atoms with Crippen LogP contribution in [0.15, 0.2) is 42.5 Å². The van der Waals surface area contributed by atoms with Crippen molar-refractivity contribution in [3.8, 4) is 0 Å². The first-order valence-corrected chi connectivity index (χ1v) is 8.89. The quantitative estimate of drug-likeness (QED) is 0.803. The van der Waals surface area contributed by atoms with Gasteiger partial charge in [-0.25, -0.2) is 0 Å². The van der Waals surface area contributed by atoms with E-state index in [1.165, 1.54) is 11.1 Å². The molecule has 0 aromatic heterocycles. The first kappa shape index (κ1) is 15.7. The Morgan fingerprint density at radius 1 is 1.14 bits per heavy atom. The molecule has 0 heterocycles. The lowest BCUT2D eigenvalue weighted by Gasteiger charge is -2.12. The summed E-state index contributed by atoms with van der Waals surface area (Å²) in [6.07, 6.45) is 2.02. The highest BCUT2D eigenvalue weighted by atomic mass is 35.5. The molecule has 0 aliphatic heterocycles. The average molecular weight is 352 g/mol. The van der Waals surface area contributed by atoms with Crippen molar-refractivity contribution in [2.24, 2.45) is 0 Å². The van der Waals surface area contributed by atoms with Gasteiger partial charge in [0.15, 0.2) is 0 Å². The number of thioether (sulfide) groups is 1. The molecule has 0 radical (unpaired) electrons. The van der Waals surface area contributed by atoms with Gasteiger partial charge in [-0.1, -0.05) is 47.5 Å². The third kappa shape index (κ3) is 3.43. The number of halogens is 2. The van der Waals surface area contributed by atoms with Gasteiger partial charge in [0, 0.05) is 10.3 Å². The van der Waals surface area contributed by atoms with E-state index in [1.54, 1.807) is 23.9 Å². The normalized spacial score (nSPS) is 16.4. The largest absolute Gasteiger partial charge is 0.324 e. The molecule has 2 nitrogen and oxygen atoms in total. The van der Waals surface area contributed by atoms with Crippen LogP contribution in [0, 0.1) is 0 Å². The van der Waals surface area contributed by atoms with Crippen LogP contribution in [0.25, 0.3) is 0 Å². The van der Waals surface area contributed by atoms with Crippen LogP contribution in [0.2, 0.25) is 10.0 Å². The second-order valence-corrected chi connectivity index (χ2v) is 7.18. The summed E-state index contributed by atoms with van der Waals surface area (Å²) in [6.45, 7) is 0.